The van der Waals surface area contributed by atoms with E-state index < -0.39 is 5.97 Å². The molecule has 6 heteroatoms. The highest BCUT2D eigenvalue weighted by Gasteiger charge is 2.15. The lowest BCUT2D eigenvalue weighted by atomic mass is 10.1. The van der Waals surface area contributed by atoms with Gasteiger partial charge in [-0.05, 0) is 12.0 Å². The maximum Gasteiger partial charge on any atom is 0.358 e. The number of carboxylic acid groups (broad SMARTS) is 1. The average Bonchev–Trinajstić information content (AvgIpc) is 2.78. The van der Waals surface area contributed by atoms with Crippen molar-refractivity contribution in [3.63, 3.8) is 0 Å². The molecule has 0 bridgehead atoms. The number of hydrogen-bond acceptors (Lipinski definition) is 4. The number of aromatic carboxylic acids is 1. The van der Waals surface area contributed by atoms with E-state index in [1.165, 1.54) is 17.1 Å². The van der Waals surface area contributed by atoms with E-state index in [1.807, 2.05) is 19.9 Å². The van der Waals surface area contributed by atoms with Gasteiger partial charge in [-0.25, -0.2) is 19.4 Å². The van der Waals surface area contributed by atoms with E-state index in [0.717, 1.165) is 5.69 Å². The number of carboxylic acids is 1. The highest BCUT2D eigenvalue weighted by Crippen LogP contribution is 2.14. The topological polar surface area (TPSA) is 80.9 Å². The first-order valence-electron chi connectivity index (χ1n) is 5.20. The summed E-state index contributed by atoms with van der Waals surface area (Å²) in [6.45, 7) is 4.03. The van der Waals surface area contributed by atoms with Gasteiger partial charge in [0.25, 0.3) is 0 Å². The molecule has 0 saturated carbocycles. The minimum Gasteiger partial charge on any atom is -0.476 e. The van der Waals surface area contributed by atoms with Crippen molar-refractivity contribution in [2.45, 2.75) is 19.8 Å². The Labute approximate surface area is 98.0 Å². The molecule has 1 N–H and O–H groups in total. The van der Waals surface area contributed by atoms with Gasteiger partial charge in [-0.1, -0.05) is 13.8 Å². The van der Waals surface area contributed by atoms with E-state index in [2.05, 4.69) is 15.1 Å². The maximum atomic E-state index is 11.0. The lowest BCUT2D eigenvalue weighted by Gasteiger charge is -2.03. The van der Waals surface area contributed by atoms with Crippen LogP contribution >= 0.6 is 0 Å². The van der Waals surface area contributed by atoms with Crippen LogP contribution in [0.1, 0.15) is 35.9 Å². The molecule has 2 heterocycles. The molecule has 0 fully saturated rings. The number of aromatic nitrogens is 4. The lowest BCUT2D eigenvalue weighted by Crippen LogP contribution is -2.10. The molecule has 0 aromatic carbocycles. The summed E-state index contributed by atoms with van der Waals surface area (Å²) in [5, 5.41) is 13.3. The number of hydrogen-bond donors (Lipinski definition) is 1. The highest BCUT2D eigenvalue weighted by molar-refractivity contribution is 5.88. The molecule has 0 aliphatic carbocycles. The third-order valence-electron chi connectivity index (χ3n) is 2.30. The summed E-state index contributed by atoms with van der Waals surface area (Å²) in [6.07, 6.45) is 4.48. The zero-order valence-electron chi connectivity index (χ0n) is 9.53. The molecule has 0 atom stereocenters. The molecule has 17 heavy (non-hydrogen) atoms. The molecule has 0 unspecified atom stereocenters. The molecule has 2 aromatic heterocycles. The van der Waals surface area contributed by atoms with Gasteiger partial charge in [-0.3, -0.25) is 0 Å². The van der Waals surface area contributed by atoms with Crippen LogP contribution < -0.4 is 0 Å². The summed E-state index contributed by atoms with van der Waals surface area (Å²) in [7, 11) is 0. The highest BCUT2D eigenvalue weighted by atomic mass is 16.4. The molecule has 0 saturated heterocycles. The fourth-order valence-corrected chi connectivity index (χ4v) is 1.41. The van der Waals surface area contributed by atoms with Crippen LogP contribution in [0.15, 0.2) is 24.7 Å². The molecular weight excluding hydrogens is 220 g/mol. The maximum absolute atomic E-state index is 11.0. The largest absolute Gasteiger partial charge is 0.476 e. The van der Waals surface area contributed by atoms with Crippen LogP contribution in [-0.2, 0) is 0 Å². The van der Waals surface area contributed by atoms with E-state index in [-0.39, 0.29) is 17.4 Å². The van der Waals surface area contributed by atoms with Crippen LogP contribution in [-0.4, -0.2) is 30.8 Å². The van der Waals surface area contributed by atoms with Crippen LogP contribution in [0.2, 0.25) is 0 Å². The first kappa shape index (κ1) is 11.3. The van der Waals surface area contributed by atoms with Crippen molar-refractivity contribution in [1.29, 1.82) is 0 Å². The van der Waals surface area contributed by atoms with Gasteiger partial charge in [-0.2, -0.15) is 5.10 Å². The first-order valence-corrected chi connectivity index (χ1v) is 5.20. The predicted molar refractivity (Wildman–Crippen MR) is 60.2 cm³/mol. The van der Waals surface area contributed by atoms with Crippen molar-refractivity contribution in [3.05, 3.63) is 36.0 Å². The number of nitrogens with zero attached hydrogens (tertiary/aromatic N) is 4. The SMILES string of the molecule is CC(C)c1ccn(-c2nccnc2C(=O)O)n1. The standard InChI is InChI=1S/C11H12N4O2/c1-7(2)8-3-6-15(14-8)10-9(11(16)17)12-4-5-13-10/h3-7H,1-2H3,(H,16,17). The van der Waals surface area contributed by atoms with Gasteiger partial charge < -0.3 is 5.11 Å². The third kappa shape index (κ3) is 2.15. The molecule has 0 aliphatic heterocycles. The Balaban J connectivity index is 2.49. The minimum absolute atomic E-state index is 0.106. The summed E-state index contributed by atoms with van der Waals surface area (Å²) in [4.78, 5) is 18.8. The lowest BCUT2D eigenvalue weighted by molar-refractivity contribution is 0.0689. The molecular formula is C11H12N4O2. The van der Waals surface area contributed by atoms with Crippen LogP contribution in [0.3, 0.4) is 0 Å². The predicted octanol–water partition coefficient (Wildman–Crippen LogP) is 1.48. The van der Waals surface area contributed by atoms with Crippen LogP contribution in [0.5, 0.6) is 0 Å². The average molecular weight is 232 g/mol. The van der Waals surface area contributed by atoms with Gasteiger partial charge in [0.05, 0.1) is 5.69 Å². The Bertz CT molecular complexity index is 548. The van der Waals surface area contributed by atoms with Crippen LogP contribution in [0, 0.1) is 0 Å². The van der Waals surface area contributed by atoms with E-state index >= 15 is 0 Å². The van der Waals surface area contributed by atoms with Crippen molar-refractivity contribution in [3.8, 4) is 5.82 Å². The number of carbonyl (C=O) groups is 1. The Morgan fingerprint density at radius 2 is 2.06 bits per heavy atom. The molecule has 0 radical (unpaired) electrons. The van der Waals surface area contributed by atoms with Crippen molar-refractivity contribution >= 4 is 5.97 Å². The Morgan fingerprint density at radius 3 is 2.65 bits per heavy atom. The normalized spacial score (nSPS) is 10.8. The van der Waals surface area contributed by atoms with E-state index in [0.29, 0.717) is 0 Å². The monoisotopic (exact) mass is 232 g/mol. The van der Waals surface area contributed by atoms with Gasteiger partial charge in [0.15, 0.2) is 11.5 Å². The van der Waals surface area contributed by atoms with Crippen molar-refractivity contribution in [1.82, 2.24) is 19.7 Å². The fraction of sp³-hybridized carbons (Fsp3) is 0.273. The van der Waals surface area contributed by atoms with Gasteiger partial charge in [0.2, 0.25) is 0 Å². The molecule has 2 rings (SSSR count). The van der Waals surface area contributed by atoms with Gasteiger partial charge >= 0.3 is 5.97 Å². The molecule has 0 aliphatic rings. The fourth-order valence-electron chi connectivity index (χ4n) is 1.41. The Kier molecular flexibility index (Phi) is 2.86. The van der Waals surface area contributed by atoms with Crippen LogP contribution in [0.25, 0.3) is 5.82 Å². The van der Waals surface area contributed by atoms with Crippen molar-refractivity contribution in [2.24, 2.45) is 0 Å². The zero-order chi connectivity index (χ0) is 12.4. The van der Waals surface area contributed by atoms with Gasteiger partial charge in [-0.15, -0.1) is 0 Å². The minimum atomic E-state index is -1.12. The Hall–Kier alpha value is -2.24. The van der Waals surface area contributed by atoms with E-state index in [1.54, 1.807) is 6.20 Å². The van der Waals surface area contributed by atoms with E-state index in [4.69, 9.17) is 5.11 Å². The summed E-state index contributed by atoms with van der Waals surface area (Å²) < 4.78 is 1.44. The smallest absolute Gasteiger partial charge is 0.358 e. The van der Waals surface area contributed by atoms with Crippen molar-refractivity contribution in [2.75, 3.05) is 0 Å². The number of rotatable bonds is 3. The van der Waals surface area contributed by atoms with Crippen molar-refractivity contribution < 1.29 is 9.90 Å². The van der Waals surface area contributed by atoms with Gasteiger partial charge in [0.1, 0.15) is 0 Å². The van der Waals surface area contributed by atoms with Crippen LogP contribution in [0.4, 0.5) is 0 Å². The molecule has 6 nitrogen and oxygen atoms in total. The van der Waals surface area contributed by atoms with E-state index in [9.17, 15) is 4.79 Å². The summed E-state index contributed by atoms with van der Waals surface area (Å²) >= 11 is 0. The second-order valence-electron chi connectivity index (χ2n) is 3.87. The zero-order valence-corrected chi connectivity index (χ0v) is 9.53. The molecule has 0 amide bonds. The summed E-state index contributed by atoms with van der Waals surface area (Å²) in [5.41, 5.74) is 0.776. The van der Waals surface area contributed by atoms with Gasteiger partial charge in [0, 0.05) is 18.6 Å². The first-order chi connectivity index (χ1) is 8.09. The Morgan fingerprint density at radius 1 is 1.35 bits per heavy atom. The molecule has 88 valence electrons. The summed E-state index contributed by atoms with van der Waals surface area (Å²) in [5.74, 6) is -0.609. The second kappa shape index (κ2) is 4.32. The quantitative estimate of drug-likeness (QED) is 0.866. The molecule has 0 spiro atoms. The third-order valence-corrected chi connectivity index (χ3v) is 2.30. The molecule has 2 aromatic rings. The summed E-state index contributed by atoms with van der Waals surface area (Å²) in [6, 6.07) is 1.84. The second-order valence-corrected chi connectivity index (χ2v) is 3.87.